The van der Waals surface area contributed by atoms with Crippen LogP contribution in [0.5, 0.6) is 0 Å². The fourth-order valence-corrected chi connectivity index (χ4v) is 4.01. The van der Waals surface area contributed by atoms with Crippen LogP contribution in [0.2, 0.25) is 0 Å². The summed E-state index contributed by atoms with van der Waals surface area (Å²) in [4.78, 5) is 29.2. The molecular weight excluding hydrogens is 324 g/mol. The van der Waals surface area contributed by atoms with Crippen molar-refractivity contribution in [1.29, 1.82) is 0 Å². The number of aryl methyl sites for hydroxylation is 1. The molecule has 2 aromatic rings. The maximum atomic E-state index is 13.0. The molecule has 0 aromatic heterocycles. The molecule has 2 amide bonds. The van der Waals surface area contributed by atoms with Crippen LogP contribution in [-0.4, -0.2) is 29.8 Å². The van der Waals surface area contributed by atoms with E-state index in [4.69, 9.17) is 0 Å². The van der Waals surface area contributed by atoms with Gasteiger partial charge in [-0.15, -0.1) is 0 Å². The second-order valence-corrected chi connectivity index (χ2v) is 7.21. The number of hydrogen-bond donors (Lipinski definition) is 0. The molecule has 2 heterocycles. The highest BCUT2D eigenvalue weighted by Gasteiger charge is 2.37. The van der Waals surface area contributed by atoms with Gasteiger partial charge in [0, 0.05) is 31.7 Å². The summed E-state index contributed by atoms with van der Waals surface area (Å²) in [6.45, 7) is 3.99. The second kappa shape index (κ2) is 6.94. The summed E-state index contributed by atoms with van der Waals surface area (Å²) in [6, 6.07) is 16.4. The SMILES string of the molecule is CCc1cccc(N2C[C@@H](C(=O)N3CCc4ccccc4C3)CC2=O)c1. The lowest BCUT2D eigenvalue weighted by Gasteiger charge is -2.30. The molecule has 1 saturated heterocycles. The van der Waals surface area contributed by atoms with Crippen LogP contribution < -0.4 is 4.90 Å². The molecule has 4 rings (SSSR count). The number of rotatable bonds is 3. The fraction of sp³-hybridized carbons (Fsp3) is 0.364. The summed E-state index contributed by atoms with van der Waals surface area (Å²) in [6.07, 6.45) is 2.14. The van der Waals surface area contributed by atoms with Crippen LogP contribution in [0.25, 0.3) is 0 Å². The second-order valence-electron chi connectivity index (χ2n) is 7.21. The molecule has 1 atom stereocenters. The van der Waals surface area contributed by atoms with Crippen LogP contribution in [0.4, 0.5) is 5.69 Å². The number of anilines is 1. The number of nitrogens with zero attached hydrogens (tertiary/aromatic N) is 2. The highest BCUT2D eigenvalue weighted by atomic mass is 16.2. The van der Waals surface area contributed by atoms with Gasteiger partial charge in [-0.3, -0.25) is 9.59 Å². The summed E-state index contributed by atoms with van der Waals surface area (Å²) in [5.41, 5.74) is 4.67. The van der Waals surface area contributed by atoms with Crippen LogP contribution in [0.15, 0.2) is 48.5 Å². The molecule has 0 unspecified atom stereocenters. The summed E-state index contributed by atoms with van der Waals surface area (Å²) in [7, 11) is 0. The van der Waals surface area contributed by atoms with E-state index in [0.717, 1.165) is 25.1 Å². The zero-order chi connectivity index (χ0) is 18.1. The van der Waals surface area contributed by atoms with Gasteiger partial charge < -0.3 is 9.80 Å². The van der Waals surface area contributed by atoms with Gasteiger partial charge in [-0.2, -0.15) is 0 Å². The van der Waals surface area contributed by atoms with Crippen LogP contribution in [0.3, 0.4) is 0 Å². The Hall–Kier alpha value is -2.62. The van der Waals surface area contributed by atoms with Crippen molar-refractivity contribution in [3.8, 4) is 0 Å². The molecular formula is C22H24N2O2. The molecule has 1 fully saturated rings. The fourth-order valence-electron chi connectivity index (χ4n) is 4.01. The van der Waals surface area contributed by atoms with Crippen molar-refractivity contribution in [3.05, 3.63) is 65.2 Å². The zero-order valence-corrected chi connectivity index (χ0v) is 15.1. The summed E-state index contributed by atoms with van der Waals surface area (Å²) < 4.78 is 0. The van der Waals surface area contributed by atoms with E-state index in [1.807, 2.05) is 29.2 Å². The average molecular weight is 348 g/mol. The van der Waals surface area contributed by atoms with Crippen LogP contribution in [0, 0.1) is 5.92 Å². The number of benzene rings is 2. The van der Waals surface area contributed by atoms with Crippen molar-refractivity contribution in [2.45, 2.75) is 32.7 Å². The Labute approximate surface area is 154 Å². The van der Waals surface area contributed by atoms with Gasteiger partial charge in [0.15, 0.2) is 0 Å². The predicted molar refractivity (Wildman–Crippen MR) is 102 cm³/mol. The van der Waals surface area contributed by atoms with Gasteiger partial charge in [-0.1, -0.05) is 43.3 Å². The largest absolute Gasteiger partial charge is 0.338 e. The highest BCUT2D eigenvalue weighted by molar-refractivity contribution is 6.00. The number of carbonyl (C=O) groups is 2. The Balaban J connectivity index is 1.47. The maximum Gasteiger partial charge on any atom is 0.228 e. The molecule has 2 aliphatic rings. The standard InChI is InChI=1S/C22H24N2O2/c1-2-16-6-5-9-20(12-16)24-15-19(13-21(24)25)22(26)23-11-10-17-7-3-4-8-18(17)14-23/h3-9,12,19H,2,10-11,13-15H2,1H3/t19-/m0/s1. The van der Waals surface area contributed by atoms with E-state index in [1.54, 1.807) is 4.90 Å². The van der Waals surface area contributed by atoms with Gasteiger partial charge in [0.1, 0.15) is 0 Å². The highest BCUT2D eigenvalue weighted by Crippen LogP contribution is 2.29. The molecule has 0 N–H and O–H groups in total. The van der Waals surface area contributed by atoms with E-state index in [9.17, 15) is 9.59 Å². The van der Waals surface area contributed by atoms with Gasteiger partial charge in [-0.25, -0.2) is 0 Å². The predicted octanol–water partition coefficient (Wildman–Crippen LogP) is 3.19. The molecule has 0 aliphatic carbocycles. The number of fused-ring (bicyclic) bond motifs is 1. The first-order valence-corrected chi connectivity index (χ1v) is 9.40. The van der Waals surface area contributed by atoms with E-state index in [0.29, 0.717) is 19.5 Å². The number of carbonyl (C=O) groups excluding carboxylic acids is 2. The van der Waals surface area contributed by atoms with E-state index >= 15 is 0 Å². The summed E-state index contributed by atoms with van der Waals surface area (Å²) >= 11 is 0. The van der Waals surface area contributed by atoms with Crippen LogP contribution in [-0.2, 0) is 29.0 Å². The number of amides is 2. The van der Waals surface area contributed by atoms with E-state index in [1.165, 1.54) is 16.7 Å². The summed E-state index contributed by atoms with van der Waals surface area (Å²) in [5, 5.41) is 0. The topological polar surface area (TPSA) is 40.6 Å². The quantitative estimate of drug-likeness (QED) is 0.855. The number of hydrogen-bond acceptors (Lipinski definition) is 2. The average Bonchev–Trinajstić information content (AvgIpc) is 3.08. The van der Waals surface area contributed by atoms with Gasteiger partial charge in [0.05, 0.1) is 5.92 Å². The Morgan fingerprint density at radius 3 is 2.73 bits per heavy atom. The van der Waals surface area contributed by atoms with Crippen molar-refractivity contribution in [2.75, 3.05) is 18.0 Å². The van der Waals surface area contributed by atoms with Crippen LogP contribution in [0.1, 0.15) is 30.0 Å². The van der Waals surface area contributed by atoms with Gasteiger partial charge >= 0.3 is 0 Å². The maximum absolute atomic E-state index is 13.0. The lowest BCUT2D eigenvalue weighted by atomic mass is 9.98. The third-order valence-corrected chi connectivity index (χ3v) is 5.55. The lowest BCUT2D eigenvalue weighted by molar-refractivity contribution is -0.136. The molecule has 0 bridgehead atoms. The molecule has 4 heteroatoms. The van der Waals surface area contributed by atoms with Crippen molar-refractivity contribution in [1.82, 2.24) is 4.90 Å². The smallest absolute Gasteiger partial charge is 0.228 e. The molecule has 4 nitrogen and oxygen atoms in total. The van der Waals surface area contributed by atoms with Crippen molar-refractivity contribution in [2.24, 2.45) is 5.92 Å². The Kier molecular flexibility index (Phi) is 4.49. The first-order valence-electron chi connectivity index (χ1n) is 9.40. The lowest BCUT2D eigenvalue weighted by Crippen LogP contribution is -2.40. The first kappa shape index (κ1) is 16.8. The molecule has 26 heavy (non-hydrogen) atoms. The van der Waals surface area contributed by atoms with Crippen molar-refractivity contribution < 1.29 is 9.59 Å². The zero-order valence-electron chi connectivity index (χ0n) is 15.1. The summed E-state index contributed by atoms with van der Waals surface area (Å²) in [5.74, 6) is -0.0749. The van der Waals surface area contributed by atoms with E-state index in [-0.39, 0.29) is 17.7 Å². The van der Waals surface area contributed by atoms with Gasteiger partial charge in [-0.05, 0) is 41.7 Å². The first-order chi connectivity index (χ1) is 12.7. The Bertz CT molecular complexity index is 846. The minimum absolute atomic E-state index is 0.0500. The molecule has 2 aliphatic heterocycles. The molecule has 0 spiro atoms. The van der Waals surface area contributed by atoms with Crippen LogP contribution >= 0.6 is 0 Å². The van der Waals surface area contributed by atoms with Gasteiger partial charge in [0.25, 0.3) is 0 Å². The molecule has 2 aromatic carbocycles. The van der Waals surface area contributed by atoms with E-state index in [2.05, 4.69) is 31.2 Å². The van der Waals surface area contributed by atoms with Gasteiger partial charge in [0.2, 0.25) is 11.8 Å². The van der Waals surface area contributed by atoms with Crippen molar-refractivity contribution >= 4 is 17.5 Å². The third kappa shape index (κ3) is 3.12. The molecule has 0 radical (unpaired) electrons. The minimum atomic E-state index is -0.238. The van der Waals surface area contributed by atoms with E-state index < -0.39 is 0 Å². The van der Waals surface area contributed by atoms with Crippen molar-refractivity contribution in [3.63, 3.8) is 0 Å². The monoisotopic (exact) mass is 348 g/mol. The Morgan fingerprint density at radius 1 is 1.12 bits per heavy atom. The molecule has 0 saturated carbocycles. The third-order valence-electron chi connectivity index (χ3n) is 5.55. The normalized spacial score (nSPS) is 19.6. The molecule has 134 valence electrons. The minimum Gasteiger partial charge on any atom is -0.338 e. The Morgan fingerprint density at radius 2 is 1.92 bits per heavy atom.